The van der Waals surface area contributed by atoms with Gasteiger partial charge in [-0.15, -0.1) is 0 Å². The predicted molar refractivity (Wildman–Crippen MR) is 138 cm³/mol. The topological polar surface area (TPSA) is 126 Å². The SMILES string of the molecule is CC(OC=O)c1ccccc1Cl.CN=C(NN)NCc1ccc(-c2ccc(CC(=O)O)cc2)cc1. The quantitative estimate of drug-likeness (QED) is 0.122. The predicted octanol–water partition coefficient (Wildman–Crippen LogP) is 4.09. The zero-order valence-corrected chi connectivity index (χ0v) is 20.3. The summed E-state index contributed by atoms with van der Waals surface area (Å²) >= 11 is 5.86. The Balaban J connectivity index is 0.000000303. The number of carbonyl (C=O) groups is 2. The van der Waals surface area contributed by atoms with Crippen molar-refractivity contribution in [2.24, 2.45) is 10.8 Å². The van der Waals surface area contributed by atoms with Gasteiger partial charge in [-0.1, -0.05) is 78.3 Å². The fourth-order valence-corrected chi connectivity index (χ4v) is 3.44. The number of aliphatic carboxylic acids is 1. The molecule has 3 rings (SSSR count). The molecule has 8 nitrogen and oxygen atoms in total. The minimum atomic E-state index is -0.823. The van der Waals surface area contributed by atoms with Gasteiger partial charge in [-0.05, 0) is 35.2 Å². The maximum absolute atomic E-state index is 10.7. The number of nitrogens with one attached hydrogen (secondary N) is 2. The van der Waals surface area contributed by atoms with E-state index < -0.39 is 5.97 Å². The second kappa shape index (κ2) is 14.4. The Kier molecular flexibility index (Phi) is 11.3. The molecule has 0 saturated carbocycles. The lowest BCUT2D eigenvalue weighted by molar-refractivity contribution is -0.136. The third kappa shape index (κ3) is 9.11. The minimum Gasteiger partial charge on any atom is -0.481 e. The zero-order chi connectivity index (χ0) is 25.6. The molecule has 0 bridgehead atoms. The molecule has 3 aromatic rings. The number of hydrogen-bond acceptors (Lipinski definition) is 5. The van der Waals surface area contributed by atoms with Gasteiger partial charge < -0.3 is 15.2 Å². The van der Waals surface area contributed by atoms with Gasteiger partial charge in [0.25, 0.3) is 6.47 Å². The lowest BCUT2D eigenvalue weighted by atomic mass is 10.0. The Morgan fingerprint density at radius 2 is 1.63 bits per heavy atom. The smallest absolute Gasteiger partial charge is 0.307 e. The number of carbonyl (C=O) groups excluding carboxylic acids is 1. The van der Waals surface area contributed by atoms with Crippen molar-refractivity contribution < 1.29 is 19.4 Å². The van der Waals surface area contributed by atoms with Crippen LogP contribution in [-0.2, 0) is 27.3 Å². The van der Waals surface area contributed by atoms with E-state index in [9.17, 15) is 9.59 Å². The number of carboxylic acid groups (broad SMARTS) is 1. The first-order valence-electron chi connectivity index (χ1n) is 10.8. The Morgan fingerprint density at radius 3 is 2.11 bits per heavy atom. The molecule has 0 saturated heterocycles. The highest BCUT2D eigenvalue weighted by Gasteiger charge is 2.08. The van der Waals surface area contributed by atoms with Gasteiger partial charge in [-0.25, -0.2) is 5.84 Å². The number of benzene rings is 3. The summed E-state index contributed by atoms with van der Waals surface area (Å²) < 4.78 is 4.74. The van der Waals surface area contributed by atoms with Gasteiger partial charge in [0, 0.05) is 24.2 Å². The molecule has 3 aromatic carbocycles. The fraction of sp³-hybridized carbons (Fsp3) is 0.192. The molecule has 0 amide bonds. The van der Waals surface area contributed by atoms with Crippen LogP contribution in [0.1, 0.15) is 29.7 Å². The molecule has 9 heteroatoms. The fourth-order valence-electron chi connectivity index (χ4n) is 3.15. The molecule has 35 heavy (non-hydrogen) atoms. The van der Waals surface area contributed by atoms with Gasteiger partial charge >= 0.3 is 5.97 Å². The van der Waals surface area contributed by atoms with Crippen LogP contribution < -0.4 is 16.6 Å². The van der Waals surface area contributed by atoms with Gasteiger partial charge in [0.15, 0.2) is 0 Å². The standard InChI is InChI=1S/C17H20N4O2.C9H9ClO2/c1-19-17(21-18)20-11-13-4-8-15(9-5-13)14-6-2-12(3-7-14)10-16(22)23;1-7(12-6-11)8-4-2-3-5-9(8)10/h2-9H,10-11,18H2,1H3,(H,22,23)(H2,19,20,21);2-7H,1H3. The van der Waals surface area contributed by atoms with E-state index in [0.717, 1.165) is 27.8 Å². The van der Waals surface area contributed by atoms with E-state index in [4.69, 9.17) is 27.3 Å². The van der Waals surface area contributed by atoms with Crippen molar-refractivity contribution in [3.63, 3.8) is 0 Å². The second-order valence-electron chi connectivity index (χ2n) is 7.43. The van der Waals surface area contributed by atoms with Gasteiger partial charge in [0.1, 0.15) is 6.10 Å². The maximum atomic E-state index is 10.7. The van der Waals surface area contributed by atoms with Gasteiger partial charge in [-0.2, -0.15) is 0 Å². The van der Waals surface area contributed by atoms with Crippen LogP contribution in [0.25, 0.3) is 11.1 Å². The van der Waals surface area contributed by atoms with Crippen molar-refractivity contribution >= 4 is 30.0 Å². The van der Waals surface area contributed by atoms with Crippen LogP contribution in [-0.4, -0.2) is 30.6 Å². The highest BCUT2D eigenvalue weighted by molar-refractivity contribution is 6.31. The summed E-state index contributed by atoms with van der Waals surface area (Å²) in [5.41, 5.74) is 7.33. The summed E-state index contributed by atoms with van der Waals surface area (Å²) in [5, 5.41) is 12.5. The molecule has 0 aliphatic heterocycles. The lowest BCUT2D eigenvalue weighted by Crippen LogP contribution is -2.40. The molecule has 184 valence electrons. The van der Waals surface area contributed by atoms with Crippen molar-refractivity contribution in [2.45, 2.75) is 26.0 Å². The molecule has 0 spiro atoms. The van der Waals surface area contributed by atoms with E-state index in [2.05, 4.69) is 15.7 Å². The number of guanidine groups is 1. The molecule has 1 unspecified atom stereocenters. The van der Waals surface area contributed by atoms with Gasteiger partial charge in [0.2, 0.25) is 5.96 Å². The number of nitrogens with zero attached hydrogens (tertiary/aromatic N) is 1. The van der Waals surface area contributed by atoms with Crippen molar-refractivity contribution in [3.05, 3.63) is 94.5 Å². The summed E-state index contributed by atoms with van der Waals surface area (Å²) in [7, 11) is 1.65. The Bertz CT molecular complexity index is 1120. The van der Waals surface area contributed by atoms with Crippen LogP contribution in [0.5, 0.6) is 0 Å². The van der Waals surface area contributed by atoms with E-state index in [1.165, 1.54) is 0 Å². The number of ether oxygens (including phenoxy) is 1. The number of aliphatic imine (C=N–C) groups is 1. The first kappa shape index (κ1) is 27.4. The number of nitrogens with two attached hydrogens (primary N) is 1. The van der Waals surface area contributed by atoms with Crippen LogP contribution in [0.3, 0.4) is 0 Å². The molecule has 0 radical (unpaired) electrons. The first-order chi connectivity index (χ1) is 16.9. The maximum Gasteiger partial charge on any atom is 0.307 e. The van der Waals surface area contributed by atoms with Gasteiger partial charge in [-0.3, -0.25) is 20.0 Å². The number of carboxylic acids is 1. The van der Waals surface area contributed by atoms with Crippen LogP contribution in [0.2, 0.25) is 5.02 Å². The lowest BCUT2D eigenvalue weighted by Gasteiger charge is -2.10. The van der Waals surface area contributed by atoms with Gasteiger partial charge in [0.05, 0.1) is 6.42 Å². The Labute approximate surface area is 209 Å². The van der Waals surface area contributed by atoms with Crippen LogP contribution in [0, 0.1) is 0 Å². The average molecular weight is 497 g/mol. The molecule has 0 heterocycles. The highest BCUT2D eigenvalue weighted by atomic mass is 35.5. The van der Waals surface area contributed by atoms with E-state index >= 15 is 0 Å². The molecule has 0 aliphatic rings. The normalized spacial score (nSPS) is 11.5. The van der Waals surface area contributed by atoms with E-state index in [1.54, 1.807) is 20.0 Å². The summed E-state index contributed by atoms with van der Waals surface area (Å²) in [6, 6.07) is 22.9. The molecule has 0 aliphatic carbocycles. The summed E-state index contributed by atoms with van der Waals surface area (Å²) in [6.07, 6.45) is -0.238. The molecule has 0 aromatic heterocycles. The highest BCUT2D eigenvalue weighted by Crippen LogP contribution is 2.24. The Hall–Kier alpha value is -3.88. The van der Waals surface area contributed by atoms with Crippen molar-refractivity contribution in [1.29, 1.82) is 0 Å². The second-order valence-corrected chi connectivity index (χ2v) is 7.84. The molecular weight excluding hydrogens is 468 g/mol. The minimum absolute atomic E-state index is 0.0430. The summed E-state index contributed by atoms with van der Waals surface area (Å²) in [4.78, 5) is 24.7. The monoisotopic (exact) mass is 496 g/mol. The van der Waals surface area contributed by atoms with Crippen molar-refractivity contribution in [1.82, 2.24) is 10.7 Å². The molecule has 0 fully saturated rings. The largest absolute Gasteiger partial charge is 0.481 e. The molecule has 1 atom stereocenters. The third-order valence-corrected chi connectivity index (χ3v) is 5.36. The van der Waals surface area contributed by atoms with E-state index in [-0.39, 0.29) is 12.5 Å². The van der Waals surface area contributed by atoms with Crippen molar-refractivity contribution in [2.75, 3.05) is 7.05 Å². The average Bonchev–Trinajstić information content (AvgIpc) is 2.86. The Morgan fingerprint density at radius 1 is 1.06 bits per heavy atom. The first-order valence-corrected chi connectivity index (χ1v) is 11.2. The van der Waals surface area contributed by atoms with Crippen LogP contribution in [0.15, 0.2) is 77.8 Å². The zero-order valence-electron chi connectivity index (χ0n) is 19.6. The molecule has 5 N–H and O–H groups in total. The number of halogens is 1. The summed E-state index contributed by atoms with van der Waals surface area (Å²) in [5.74, 6) is 5.02. The van der Waals surface area contributed by atoms with Crippen molar-refractivity contribution in [3.8, 4) is 11.1 Å². The number of hydrazine groups is 1. The van der Waals surface area contributed by atoms with Crippen LogP contribution in [0.4, 0.5) is 0 Å². The summed E-state index contributed by atoms with van der Waals surface area (Å²) in [6.45, 7) is 2.82. The van der Waals surface area contributed by atoms with Crippen LogP contribution >= 0.6 is 11.6 Å². The third-order valence-electron chi connectivity index (χ3n) is 5.02. The molecular formula is C26H29ClN4O4. The number of hydrogen-bond donors (Lipinski definition) is 4. The van der Waals surface area contributed by atoms with E-state index in [0.29, 0.717) is 24.0 Å². The van der Waals surface area contributed by atoms with E-state index in [1.807, 2.05) is 66.7 Å². The number of rotatable bonds is 8.